The van der Waals surface area contributed by atoms with Crippen molar-refractivity contribution in [2.45, 2.75) is 32.2 Å². The van der Waals surface area contributed by atoms with E-state index < -0.39 is 0 Å². The van der Waals surface area contributed by atoms with E-state index in [4.69, 9.17) is 4.74 Å². The van der Waals surface area contributed by atoms with Crippen LogP contribution in [0, 0.1) is 17.2 Å². The molecule has 3 heterocycles. The maximum absolute atomic E-state index is 9.30. The third-order valence-corrected chi connectivity index (χ3v) is 5.60. The van der Waals surface area contributed by atoms with Crippen LogP contribution in [-0.4, -0.2) is 72.8 Å². The van der Waals surface area contributed by atoms with Crippen molar-refractivity contribution >= 4 is 5.82 Å². The van der Waals surface area contributed by atoms with Gasteiger partial charge in [0, 0.05) is 64.2 Å². The van der Waals surface area contributed by atoms with Gasteiger partial charge in [-0.05, 0) is 30.9 Å². The summed E-state index contributed by atoms with van der Waals surface area (Å²) in [5.41, 5.74) is 0.698. The van der Waals surface area contributed by atoms with Crippen LogP contribution >= 0.6 is 0 Å². The SMILES string of the molecule is CC(C)CN1CCN(C2(CNc3ncccc3C#N)CCOCC2)CC1. The summed E-state index contributed by atoms with van der Waals surface area (Å²) in [4.78, 5) is 9.59. The Labute approximate surface area is 157 Å². The number of hydrogen-bond donors (Lipinski definition) is 1. The molecule has 0 saturated carbocycles. The van der Waals surface area contributed by atoms with E-state index in [0.29, 0.717) is 17.3 Å². The maximum atomic E-state index is 9.30. The second-order valence-corrected chi connectivity index (χ2v) is 7.88. The summed E-state index contributed by atoms with van der Waals surface area (Å²) < 4.78 is 5.65. The lowest BCUT2D eigenvalue weighted by molar-refractivity contribution is -0.0414. The van der Waals surface area contributed by atoms with Crippen LogP contribution in [0.3, 0.4) is 0 Å². The summed E-state index contributed by atoms with van der Waals surface area (Å²) in [7, 11) is 0. The Balaban J connectivity index is 1.66. The van der Waals surface area contributed by atoms with Gasteiger partial charge in [0.15, 0.2) is 0 Å². The average Bonchev–Trinajstić information content (AvgIpc) is 2.67. The molecule has 2 fully saturated rings. The number of ether oxygens (including phenoxy) is 1. The third kappa shape index (κ3) is 4.53. The standard InChI is InChI=1S/C20H31N5O/c1-17(2)15-24-8-10-25(11-9-24)20(5-12-26-13-6-20)16-23-19-18(14-21)4-3-7-22-19/h3-4,7,17H,5-6,8-13,15-16H2,1-2H3,(H,22,23). The first-order chi connectivity index (χ1) is 12.6. The van der Waals surface area contributed by atoms with E-state index in [1.807, 2.05) is 12.1 Å². The van der Waals surface area contributed by atoms with Crippen molar-refractivity contribution in [3.63, 3.8) is 0 Å². The summed E-state index contributed by atoms with van der Waals surface area (Å²) in [6.07, 6.45) is 3.79. The van der Waals surface area contributed by atoms with Gasteiger partial charge in [0.05, 0.1) is 5.56 Å². The minimum atomic E-state index is 0.0897. The minimum Gasteiger partial charge on any atom is -0.381 e. The maximum Gasteiger partial charge on any atom is 0.143 e. The van der Waals surface area contributed by atoms with Gasteiger partial charge >= 0.3 is 0 Å². The molecule has 1 aromatic heterocycles. The largest absolute Gasteiger partial charge is 0.381 e. The number of rotatable bonds is 6. The molecule has 0 aromatic carbocycles. The highest BCUT2D eigenvalue weighted by Crippen LogP contribution is 2.30. The van der Waals surface area contributed by atoms with Crippen molar-refractivity contribution < 1.29 is 4.74 Å². The lowest BCUT2D eigenvalue weighted by atomic mass is 9.87. The van der Waals surface area contributed by atoms with Gasteiger partial charge in [-0.25, -0.2) is 4.98 Å². The molecule has 2 saturated heterocycles. The first kappa shape index (κ1) is 19.1. The summed E-state index contributed by atoms with van der Waals surface area (Å²) >= 11 is 0. The van der Waals surface area contributed by atoms with Gasteiger partial charge in [-0.1, -0.05) is 13.8 Å². The highest BCUT2D eigenvalue weighted by molar-refractivity contribution is 5.51. The predicted octanol–water partition coefficient (Wildman–Crippen LogP) is 2.19. The van der Waals surface area contributed by atoms with Crippen LogP contribution < -0.4 is 5.32 Å². The lowest BCUT2D eigenvalue weighted by Crippen LogP contribution is -2.62. The number of nitrogens with zero attached hydrogens (tertiary/aromatic N) is 4. The quantitative estimate of drug-likeness (QED) is 0.842. The fourth-order valence-electron chi connectivity index (χ4n) is 4.16. The Hall–Kier alpha value is -1.68. The molecular formula is C20H31N5O. The van der Waals surface area contributed by atoms with E-state index in [9.17, 15) is 5.26 Å². The number of aromatic nitrogens is 1. The molecule has 0 spiro atoms. The molecule has 0 atom stereocenters. The Morgan fingerprint density at radius 1 is 1.27 bits per heavy atom. The fraction of sp³-hybridized carbons (Fsp3) is 0.700. The van der Waals surface area contributed by atoms with Crippen LogP contribution in [0.15, 0.2) is 18.3 Å². The number of anilines is 1. The van der Waals surface area contributed by atoms with Crippen molar-refractivity contribution in [3.05, 3.63) is 23.9 Å². The first-order valence-electron chi connectivity index (χ1n) is 9.77. The van der Waals surface area contributed by atoms with Gasteiger partial charge in [0.2, 0.25) is 0 Å². The smallest absolute Gasteiger partial charge is 0.143 e. The van der Waals surface area contributed by atoms with Gasteiger partial charge in [-0.15, -0.1) is 0 Å². The van der Waals surface area contributed by atoms with Crippen molar-refractivity contribution in [2.75, 3.05) is 57.8 Å². The van der Waals surface area contributed by atoms with E-state index in [1.165, 1.54) is 6.54 Å². The molecule has 6 heteroatoms. The van der Waals surface area contributed by atoms with Gasteiger partial charge in [-0.3, -0.25) is 4.90 Å². The fourth-order valence-corrected chi connectivity index (χ4v) is 4.16. The van der Waals surface area contributed by atoms with Crippen molar-refractivity contribution in [3.8, 4) is 6.07 Å². The Morgan fingerprint density at radius 3 is 2.65 bits per heavy atom. The molecule has 2 aliphatic heterocycles. The summed E-state index contributed by atoms with van der Waals surface area (Å²) in [5.74, 6) is 1.41. The topological polar surface area (TPSA) is 64.4 Å². The van der Waals surface area contributed by atoms with E-state index >= 15 is 0 Å². The van der Waals surface area contributed by atoms with E-state index in [0.717, 1.165) is 58.8 Å². The Morgan fingerprint density at radius 2 is 2.00 bits per heavy atom. The van der Waals surface area contributed by atoms with Crippen LogP contribution in [0.1, 0.15) is 32.3 Å². The minimum absolute atomic E-state index is 0.0897. The first-order valence-corrected chi connectivity index (χ1v) is 9.77. The van der Waals surface area contributed by atoms with Gasteiger partial charge in [-0.2, -0.15) is 5.26 Å². The summed E-state index contributed by atoms with van der Waals surface area (Å²) in [5, 5.41) is 12.8. The van der Waals surface area contributed by atoms with Gasteiger partial charge in [0.1, 0.15) is 11.9 Å². The number of pyridine rings is 1. The lowest BCUT2D eigenvalue weighted by Gasteiger charge is -2.50. The van der Waals surface area contributed by atoms with Gasteiger partial charge < -0.3 is 15.0 Å². The molecule has 1 aromatic rings. The molecule has 3 rings (SSSR count). The van der Waals surface area contributed by atoms with Crippen LogP contribution in [0.25, 0.3) is 0 Å². The zero-order chi connectivity index (χ0) is 18.4. The monoisotopic (exact) mass is 357 g/mol. The molecule has 0 bridgehead atoms. The number of piperazine rings is 1. The zero-order valence-corrected chi connectivity index (χ0v) is 16.1. The van der Waals surface area contributed by atoms with E-state index in [-0.39, 0.29) is 5.54 Å². The van der Waals surface area contributed by atoms with Crippen LogP contribution in [0.2, 0.25) is 0 Å². The van der Waals surface area contributed by atoms with Crippen LogP contribution in [0.4, 0.5) is 5.82 Å². The molecule has 0 amide bonds. The second-order valence-electron chi connectivity index (χ2n) is 7.88. The van der Waals surface area contributed by atoms with E-state index in [1.54, 1.807) is 6.20 Å². The predicted molar refractivity (Wildman–Crippen MR) is 103 cm³/mol. The van der Waals surface area contributed by atoms with Crippen molar-refractivity contribution in [2.24, 2.45) is 5.92 Å². The molecule has 0 radical (unpaired) electrons. The molecular weight excluding hydrogens is 326 g/mol. The van der Waals surface area contributed by atoms with Crippen molar-refractivity contribution in [1.82, 2.24) is 14.8 Å². The summed E-state index contributed by atoms with van der Waals surface area (Å²) in [6, 6.07) is 5.85. The molecule has 0 unspecified atom stereocenters. The van der Waals surface area contributed by atoms with Crippen LogP contribution in [0.5, 0.6) is 0 Å². The highest BCUT2D eigenvalue weighted by atomic mass is 16.5. The van der Waals surface area contributed by atoms with Gasteiger partial charge in [0.25, 0.3) is 0 Å². The molecule has 142 valence electrons. The molecule has 0 aliphatic carbocycles. The summed E-state index contributed by atoms with van der Waals surface area (Å²) in [6.45, 7) is 12.6. The molecule has 26 heavy (non-hydrogen) atoms. The Bertz CT molecular complexity index is 613. The number of nitrogens with one attached hydrogen (secondary N) is 1. The second kappa shape index (κ2) is 8.81. The molecule has 2 aliphatic rings. The average molecular weight is 358 g/mol. The van der Waals surface area contributed by atoms with Crippen molar-refractivity contribution in [1.29, 1.82) is 5.26 Å². The number of hydrogen-bond acceptors (Lipinski definition) is 6. The zero-order valence-electron chi connectivity index (χ0n) is 16.1. The van der Waals surface area contributed by atoms with Crippen LogP contribution in [-0.2, 0) is 4.74 Å². The molecule has 1 N–H and O–H groups in total. The highest BCUT2D eigenvalue weighted by Gasteiger charge is 2.39. The third-order valence-electron chi connectivity index (χ3n) is 5.60. The molecule has 6 nitrogen and oxygen atoms in total. The Kier molecular flexibility index (Phi) is 6.47. The van der Waals surface area contributed by atoms with E-state index in [2.05, 4.69) is 40.0 Å². The normalized spacial score (nSPS) is 21.5. The number of nitriles is 1.